The average Bonchev–Trinajstić information content (AvgIpc) is 2.47. The Hall–Kier alpha value is 1.87. The molecule has 0 aromatic carbocycles. The molecule has 0 aromatic heterocycles. The van der Waals surface area contributed by atoms with Crippen LogP contribution in [0.25, 0.3) is 0 Å². The molecule has 0 aliphatic carbocycles. The Morgan fingerprint density at radius 3 is 1.03 bits per heavy atom. The van der Waals surface area contributed by atoms with Crippen LogP contribution in [0.4, 0.5) is 0 Å². The minimum Gasteiger partial charge on any atom is -0.424 e. The molecule has 204 valence electrons. The number of hydrogen-bond acceptors (Lipinski definition) is 2. The molecule has 34 heavy (non-hydrogen) atoms. The SMILES string of the molecule is CO[Si]1(C(O[Si](C)(C)C)C(C)(C)C)[Si](C)(C)[Si](C)(C)[Si]([Si](C)(C)C)([Si](C)(C)C)[Si](C)(C)[Si]1(C)C. The van der Waals surface area contributed by atoms with Gasteiger partial charge in [0.25, 0.3) is 0 Å². The van der Waals surface area contributed by atoms with Crippen molar-refractivity contribution in [1.29, 1.82) is 0 Å². The van der Waals surface area contributed by atoms with Gasteiger partial charge in [-0.15, -0.1) is 0 Å². The first-order valence-electron chi connectivity index (χ1n) is 13.6. The predicted octanol–water partition coefficient (Wildman–Crippen LogP) is 7.98. The van der Waals surface area contributed by atoms with Gasteiger partial charge in [0.15, 0.2) is 15.7 Å². The molecule has 11 heteroatoms. The lowest BCUT2D eigenvalue weighted by Gasteiger charge is -2.80. The van der Waals surface area contributed by atoms with Gasteiger partial charge in [0.2, 0.25) is 0 Å². The van der Waals surface area contributed by atoms with E-state index in [0.29, 0.717) is 5.73 Å². The summed E-state index contributed by atoms with van der Waals surface area (Å²) in [7, 11) is -11.2. The van der Waals surface area contributed by atoms with Gasteiger partial charge in [0.05, 0.1) is 19.9 Å². The third-order valence-corrected chi connectivity index (χ3v) is 234. The quantitative estimate of drug-likeness (QED) is 0.279. The van der Waals surface area contributed by atoms with Crippen LogP contribution in [0.1, 0.15) is 20.8 Å². The highest BCUT2D eigenvalue weighted by atomic mass is 30.4. The Labute approximate surface area is 223 Å². The van der Waals surface area contributed by atoms with Crippen molar-refractivity contribution in [3.63, 3.8) is 0 Å². The molecule has 0 amide bonds. The molecule has 0 saturated carbocycles. The van der Waals surface area contributed by atoms with Gasteiger partial charge >= 0.3 is 0 Å². The molecule has 1 aliphatic heterocycles. The molecular formula is C23H64O2Si9. The highest BCUT2D eigenvalue weighted by Crippen LogP contribution is 2.59. The van der Waals surface area contributed by atoms with Crippen LogP contribution in [0, 0.1) is 5.41 Å². The van der Waals surface area contributed by atoms with E-state index in [-0.39, 0.29) is 5.41 Å². The summed E-state index contributed by atoms with van der Waals surface area (Å²) in [5.41, 5.74) is 0.472. The monoisotopic (exact) mass is 624 g/mol. The Kier molecular flexibility index (Phi) is 8.92. The summed E-state index contributed by atoms with van der Waals surface area (Å²) < 4.78 is 14.9. The lowest BCUT2D eigenvalue weighted by atomic mass is 9.98. The van der Waals surface area contributed by atoms with Gasteiger partial charge in [0, 0.05) is 42.7 Å². The first kappa shape index (κ1) is 33.9. The van der Waals surface area contributed by atoms with E-state index >= 15 is 0 Å². The second-order valence-corrected chi connectivity index (χ2v) is 117. The average molecular weight is 626 g/mol. The first-order valence-corrected chi connectivity index (χ1v) is 48.0. The molecule has 0 bridgehead atoms. The molecule has 1 atom stereocenters. The van der Waals surface area contributed by atoms with Gasteiger partial charge < -0.3 is 8.85 Å². The van der Waals surface area contributed by atoms with E-state index in [2.05, 4.69) is 139 Å². The lowest BCUT2D eigenvalue weighted by Crippen LogP contribution is -3.12. The summed E-state index contributed by atoms with van der Waals surface area (Å²) in [5, 5.41) is 0. The molecule has 0 radical (unpaired) electrons. The van der Waals surface area contributed by atoms with Gasteiger partial charge in [-0.05, 0) is 25.1 Å². The summed E-state index contributed by atoms with van der Waals surface area (Å²) in [5.74, 6) is 0. The van der Waals surface area contributed by atoms with Crippen molar-refractivity contribution in [3.05, 3.63) is 0 Å². The van der Waals surface area contributed by atoms with Crippen LogP contribution < -0.4 is 0 Å². The number of rotatable bonds is 6. The van der Waals surface area contributed by atoms with Crippen LogP contribution in [-0.2, 0) is 8.85 Å². The zero-order chi connectivity index (χ0) is 28.0. The van der Waals surface area contributed by atoms with Crippen molar-refractivity contribution in [3.8, 4) is 0 Å². The molecule has 0 N–H and O–H groups in total. The Bertz CT molecular complexity index is 719. The van der Waals surface area contributed by atoms with Crippen molar-refractivity contribution in [2.45, 2.75) is 138 Å². The Balaban J connectivity index is 4.48. The van der Waals surface area contributed by atoms with Crippen molar-refractivity contribution in [1.82, 2.24) is 0 Å². The highest BCUT2D eigenvalue weighted by Gasteiger charge is 2.88. The van der Waals surface area contributed by atoms with Crippen LogP contribution in [0.5, 0.6) is 0 Å². The van der Waals surface area contributed by atoms with E-state index in [0.717, 1.165) is 0 Å². The van der Waals surface area contributed by atoms with Crippen LogP contribution in [-0.4, -0.2) is 78.3 Å². The smallest absolute Gasteiger partial charge is 0.189 e. The Morgan fingerprint density at radius 1 is 0.559 bits per heavy atom. The fourth-order valence-corrected chi connectivity index (χ4v) is 444. The summed E-state index contributed by atoms with van der Waals surface area (Å²) in [6, 6.07) is 0. The van der Waals surface area contributed by atoms with Gasteiger partial charge in [-0.2, -0.15) is 0 Å². The Morgan fingerprint density at radius 2 is 0.853 bits per heavy atom. The molecule has 1 unspecified atom stereocenters. The van der Waals surface area contributed by atoms with Crippen molar-refractivity contribution >= 4 is 65.4 Å². The normalized spacial score (nSPS) is 26.7. The molecule has 0 aromatic rings. The van der Waals surface area contributed by atoms with E-state index in [9.17, 15) is 0 Å². The van der Waals surface area contributed by atoms with Crippen LogP contribution >= 0.6 is 0 Å². The van der Waals surface area contributed by atoms with E-state index < -0.39 is 65.4 Å². The van der Waals surface area contributed by atoms with E-state index in [4.69, 9.17) is 8.85 Å². The highest BCUT2D eigenvalue weighted by molar-refractivity contribution is 8.27. The van der Waals surface area contributed by atoms with Gasteiger partial charge in [0.1, 0.15) is 0 Å². The topological polar surface area (TPSA) is 18.5 Å². The molecule has 1 rings (SSSR count). The lowest BCUT2D eigenvalue weighted by molar-refractivity contribution is 0.127. The molecule has 2 nitrogen and oxygen atoms in total. The second kappa shape index (κ2) is 8.95. The summed E-state index contributed by atoms with van der Waals surface area (Å²) in [6.45, 7) is 55.2. The minimum atomic E-state index is -2.21. The van der Waals surface area contributed by atoms with Crippen molar-refractivity contribution < 1.29 is 8.85 Å². The maximum Gasteiger partial charge on any atom is 0.189 e. The summed E-state index contributed by atoms with van der Waals surface area (Å²) in [6.07, 6.45) is -1.49. The van der Waals surface area contributed by atoms with Crippen LogP contribution in [0.2, 0.25) is 111 Å². The third kappa shape index (κ3) is 4.15. The largest absolute Gasteiger partial charge is 0.424 e. The minimum absolute atomic E-state index is 0.131. The molecule has 0 spiro atoms. The predicted molar refractivity (Wildman–Crippen MR) is 183 cm³/mol. The first-order chi connectivity index (χ1) is 14.4. The zero-order valence-electron chi connectivity index (χ0n) is 27.4. The van der Waals surface area contributed by atoms with Crippen molar-refractivity contribution in [2.24, 2.45) is 5.41 Å². The van der Waals surface area contributed by atoms with E-state index in [1.54, 1.807) is 0 Å². The molecule has 1 heterocycles. The molecule has 1 saturated heterocycles. The number of hydrogen-bond donors (Lipinski definition) is 0. The fourth-order valence-electron chi connectivity index (χ4n) is 10.8. The molecule has 1 fully saturated rings. The van der Waals surface area contributed by atoms with Gasteiger partial charge in [-0.1, -0.05) is 112 Å². The van der Waals surface area contributed by atoms with Gasteiger partial charge in [-0.3, -0.25) is 0 Å². The standard InChI is InChI=1S/C23H64O2Si9/c1-23(2,3)22(25-26(5,6)7)33(24-4)29(14,15)31(18,19)34(27(8,9)10,28(11,12)13)32(20,21)30(33,16)17/h22H,1-21H3. The second-order valence-electron chi connectivity index (χ2n) is 17.7. The molecular weight excluding hydrogens is 561 g/mol. The summed E-state index contributed by atoms with van der Waals surface area (Å²) in [4.78, 5) is 0. The van der Waals surface area contributed by atoms with E-state index in [1.807, 2.05) is 0 Å². The van der Waals surface area contributed by atoms with Crippen LogP contribution in [0.3, 0.4) is 0 Å². The zero-order valence-corrected chi connectivity index (χ0v) is 36.4. The third-order valence-electron chi connectivity index (χ3n) is 11.1. The van der Waals surface area contributed by atoms with Gasteiger partial charge in [-0.25, -0.2) is 0 Å². The summed E-state index contributed by atoms with van der Waals surface area (Å²) >= 11 is 0. The van der Waals surface area contributed by atoms with Crippen LogP contribution in [0.15, 0.2) is 0 Å². The van der Waals surface area contributed by atoms with Crippen molar-refractivity contribution in [2.75, 3.05) is 7.11 Å². The maximum absolute atomic E-state index is 7.46. The molecule has 1 aliphatic rings. The van der Waals surface area contributed by atoms with E-state index in [1.165, 1.54) is 0 Å². The maximum atomic E-state index is 7.46. The fraction of sp³-hybridized carbons (Fsp3) is 1.00.